The molecule has 1 N–H and O–H groups in total. The van der Waals surface area contributed by atoms with Gasteiger partial charge in [0.1, 0.15) is 0 Å². The summed E-state index contributed by atoms with van der Waals surface area (Å²) in [6.07, 6.45) is -4.47. The Morgan fingerprint density at radius 2 is 2.05 bits per heavy atom. The van der Waals surface area contributed by atoms with Crippen LogP contribution in [0.3, 0.4) is 0 Å². The highest BCUT2D eigenvalue weighted by molar-refractivity contribution is 7.71. The summed E-state index contributed by atoms with van der Waals surface area (Å²) in [5.74, 6) is -0.700. The first-order valence-corrected chi connectivity index (χ1v) is 6.21. The van der Waals surface area contributed by atoms with E-state index < -0.39 is 17.7 Å². The van der Waals surface area contributed by atoms with Crippen molar-refractivity contribution in [3.63, 3.8) is 0 Å². The van der Waals surface area contributed by atoms with Crippen LogP contribution in [0.2, 0.25) is 0 Å². The molecule has 1 aromatic carbocycles. The number of nitrogens with zero attached hydrogens (tertiary/aromatic N) is 1. The first kappa shape index (κ1) is 15.3. The van der Waals surface area contributed by atoms with Gasteiger partial charge in [-0.1, -0.05) is 12.1 Å². The van der Waals surface area contributed by atoms with E-state index in [0.29, 0.717) is 0 Å². The first-order chi connectivity index (χ1) is 9.75. The number of nitrogens with one attached hydrogen (secondary N) is 1. The van der Waals surface area contributed by atoms with E-state index in [0.717, 1.165) is 12.1 Å². The van der Waals surface area contributed by atoms with Gasteiger partial charge < -0.3 is 14.3 Å². The lowest BCUT2D eigenvalue weighted by Gasteiger charge is -2.10. The average Bonchev–Trinajstić information content (AvgIpc) is 2.73. The molecule has 4 nitrogen and oxygen atoms in total. The third-order valence-corrected chi connectivity index (χ3v) is 3.34. The van der Waals surface area contributed by atoms with E-state index in [4.69, 9.17) is 12.2 Å². The highest BCUT2D eigenvalue weighted by Gasteiger charge is 2.31. The minimum absolute atomic E-state index is 0.0179. The Hall–Kier alpha value is -2.09. The van der Waals surface area contributed by atoms with Gasteiger partial charge in [-0.25, -0.2) is 4.79 Å². The van der Waals surface area contributed by atoms with E-state index in [2.05, 4.69) is 9.72 Å². The Morgan fingerprint density at radius 3 is 2.62 bits per heavy atom. The van der Waals surface area contributed by atoms with Gasteiger partial charge in [-0.15, -0.1) is 0 Å². The SMILES string of the molecule is COC(=O)c1[nH]c(=S)n(C)c1-c1cccc(C(F)(F)F)c1. The second-order valence-electron chi connectivity index (χ2n) is 4.28. The molecule has 0 amide bonds. The van der Waals surface area contributed by atoms with Crippen molar-refractivity contribution in [3.8, 4) is 11.3 Å². The van der Waals surface area contributed by atoms with Crippen molar-refractivity contribution in [2.45, 2.75) is 6.18 Å². The Balaban J connectivity index is 2.67. The van der Waals surface area contributed by atoms with Gasteiger partial charge >= 0.3 is 12.1 Å². The fourth-order valence-electron chi connectivity index (χ4n) is 1.95. The molecular weight excluding hydrogens is 305 g/mol. The summed E-state index contributed by atoms with van der Waals surface area (Å²) in [6.45, 7) is 0. The van der Waals surface area contributed by atoms with Crippen molar-refractivity contribution in [2.24, 2.45) is 7.05 Å². The standard InChI is InChI=1S/C13H11F3N2O2S/c1-18-10(9(11(19)20-2)17-12(18)21)7-4-3-5-8(6-7)13(14,15)16/h3-6H,1-2H3,(H,17,21). The Morgan fingerprint density at radius 1 is 1.38 bits per heavy atom. The minimum atomic E-state index is -4.47. The molecule has 21 heavy (non-hydrogen) atoms. The lowest BCUT2D eigenvalue weighted by Crippen LogP contribution is -2.07. The summed E-state index contributed by atoms with van der Waals surface area (Å²) in [5, 5.41) is 0. The Labute approximate surface area is 123 Å². The second-order valence-corrected chi connectivity index (χ2v) is 4.67. The van der Waals surface area contributed by atoms with E-state index in [1.54, 1.807) is 7.05 Å². The molecule has 0 radical (unpaired) electrons. The molecule has 0 spiro atoms. The van der Waals surface area contributed by atoms with E-state index in [-0.39, 0.29) is 21.7 Å². The van der Waals surface area contributed by atoms with Crippen molar-refractivity contribution in [1.82, 2.24) is 9.55 Å². The maximum absolute atomic E-state index is 12.8. The molecule has 112 valence electrons. The molecule has 0 aliphatic rings. The Kier molecular flexibility index (Phi) is 3.91. The van der Waals surface area contributed by atoms with Gasteiger partial charge in [0, 0.05) is 12.6 Å². The third kappa shape index (κ3) is 2.85. The number of H-pyrrole nitrogens is 1. The topological polar surface area (TPSA) is 47.0 Å². The van der Waals surface area contributed by atoms with Crippen molar-refractivity contribution >= 4 is 18.2 Å². The minimum Gasteiger partial charge on any atom is -0.464 e. The molecule has 0 saturated heterocycles. The van der Waals surface area contributed by atoms with Crippen LogP contribution in [0.4, 0.5) is 13.2 Å². The van der Waals surface area contributed by atoms with Gasteiger partial charge in [-0.05, 0) is 24.4 Å². The number of aromatic nitrogens is 2. The van der Waals surface area contributed by atoms with Crippen LogP contribution >= 0.6 is 12.2 Å². The van der Waals surface area contributed by atoms with Crippen LogP contribution in [0.25, 0.3) is 11.3 Å². The number of methoxy groups -OCH3 is 1. The molecule has 0 atom stereocenters. The summed E-state index contributed by atoms with van der Waals surface area (Å²) in [7, 11) is 2.74. The molecule has 0 aliphatic heterocycles. The van der Waals surface area contributed by atoms with E-state index in [1.165, 1.54) is 23.8 Å². The predicted molar refractivity (Wildman–Crippen MR) is 72.4 cm³/mol. The van der Waals surface area contributed by atoms with Crippen LogP contribution in [0, 0.1) is 4.77 Å². The van der Waals surface area contributed by atoms with E-state index in [1.807, 2.05) is 0 Å². The summed E-state index contributed by atoms with van der Waals surface area (Å²) >= 11 is 5.01. The molecule has 0 saturated carbocycles. The van der Waals surface area contributed by atoms with Crippen molar-refractivity contribution in [1.29, 1.82) is 0 Å². The van der Waals surface area contributed by atoms with Crippen LogP contribution in [0.5, 0.6) is 0 Å². The van der Waals surface area contributed by atoms with Gasteiger partial charge in [0.15, 0.2) is 10.5 Å². The zero-order chi connectivity index (χ0) is 15.8. The molecule has 2 aromatic rings. The highest BCUT2D eigenvalue weighted by Crippen LogP contribution is 2.33. The van der Waals surface area contributed by atoms with E-state index in [9.17, 15) is 18.0 Å². The molecule has 0 unspecified atom stereocenters. The van der Waals surface area contributed by atoms with Crippen molar-refractivity contribution < 1.29 is 22.7 Å². The molecular formula is C13H11F3N2O2S. The number of hydrogen-bond acceptors (Lipinski definition) is 3. The first-order valence-electron chi connectivity index (χ1n) is 5.80. The van der Waals surface area contributed by atoms with Crippen molar-refractivity contribution in [3.05, 3.63) is 40.3 Å². The summed E-state index contributed by atoms with van der Waals surface area (Å²) in [5.41, 5.74) is -0.315. The van der Waals surface area contributed by atoms with Gasteiger partial charge in [0.25, 0.3) is 0 Å². The fourth-order valence-corrected chi connectivity index (χ4v) is 2.14. The van der Waals surface area contributed by atoms with Gasteiger partial charge in [0.2, 0.25) is 0 Å². The van der Waals surface area contributed by atoms with Crippen LogP contribution in [0.1, 0.15) is 16.1 Å². The highest BCUT2D eigenvalue weighted by atomic mass is 32.1. The number of halogens is 3. The second kappa shape index (κ2) is 5.36. The largest absolute Gasteiger partial charge is 0.464 e. The summed E-state index contributed by atoms with van der Waals surface area (Å²) in [4.78, 5) is 14.4. The van der Waals surface area contributed by atoms with Crippen LogP contribution in [0.15, 0.2) is 24.3 Å². The van der Waals surface area contributed by atoms with Crippen molar-refractivity contribution in [2.75, 3.05) is 7.11 Å². The lowest BCUT2D eigenvalue weighted by atomic mass is 10.1. The lowest BCUT2D eigenvalue weighted by molar-refractivity contribution is -0.137. The zero-order valence-electron chi connectivity index (χ0n) is 11.1. The van der Waals surface area contributed by atoms with Crippen LogP contribution in [-0.4, -0.2) is 22.6 Å². The number of carbonyl (C=O) groups excluding carboxylic acids is 1. The van der Waals surface area contributed by atoms with Gasteiger partial charge in [0.05, 0.1) is 18.4 Å². The van der Waals surface area contributed by atoms with Crippen LogP contribution in [-0.2, 0) is 18.0 Å². The zero-order valence-corrected chi connectivity index (χ0v) is 11.9. The number of hydrogen-bond donors (Lipinski definition) is 1. The molecule has 0 bridgehead atoms. The number of benzene rings is 1. The van der Waals surface area contributed by atoms with E-state index >= 15 is 0 Å². The fraction of sp³-hybridized carbons (Fsp3) is 0.231. The number of rotatable bonds is 2. The quantitative estimate of drug-likeness (QED) is 0.681. The number of aromatic amines is 1. The summed E-state index contributed by atoms with van der Waals surface area (Å²) < 4.78 is 44.6. The molecule has 0 aliphatic carbocycles. The normalized spacial score (nSPS) is 11.5. The summed E-state index contributed by atoms with van der Waals surface area (Å²) in [6, 6.07) is 4.67. The maximum Gasteiger partial charge on any atom is 0.416 e. The number of ether oxygens (including phenoxy) is 1. The number of imidazole rings is 1. The average molecular weight is 316 g/mol. The van der Waals surface area contributed by atoms with Crippen LogP contribution < -0.4 is 0 Å². The monoisotopic (exact) mass is 316 g/mol. The number of alkyl halides is 3. The third-order valence-electron chi connectivity index (χ3n) is 2.96. The number of carbonyl (C=O) groups is 1. The molecule has 2 rings (SSSR count). The Bertz CT molecular complexity index is 747. The number of esters is 1. The smallest absolute Gasteiger partial charge is 0.416 e. The van der Waals surface area contributed by atoms with Gasteiger partial charge in [-0.3, -0.25) is 0 Å². The molecule has 0 fully saturated rings. The molecule has 1 aromatic heterocycles. The van der Waals surface area contributed by atoms with Gasteiger partial charge in [-0.2, -0.15) is 13.2 Å². The predicted octanol–water partition coefficient (Wildman–Crippen LogP) is 3.56. The molecule has 8 heteroatoms. The maximum atomic E-state index is 12.8. The molecule has 1 heterocycles.